The number of unbranched alkanes of at least 4 members (excludes halogenated alkanes) is 2. The molecule has 17 nitrogen and oxygen atoms in total. The van der Waals surface area contributed by atoms with Crippen LogP contribution in [-0.2, 0) is 64.9 Å². The number of ether oxygens (including phenoxy) is 4. The normalized spacial score (nSPS) is 20.0. The number of aliphatic carboxylic acids is 1. The molecule has 0 saturated heterocycles. The van der Waals surface area contributed by atoms with E-state index in [9.17, 15) is 43.7 Å². The number of hydrogen-bond donors (Lipinski definition) is 4. The van der Waals surface area contributed by atoms with Gasteiger partial charge in [0, 0.05) is 68.3 Å². The standard InChI is InChI=1S/C42H58N2O15S3/c1-41(19-11-29-60(47,48)49)34-30-32(61(50,51)52)16-18-37(34)44(22-24-58-27-28-59-26-25-57-4)38(41)12-7-5-8-13-39-42(2,20-23-56-3)35-31-33(62(53,54)55)15-17-36(35)43(39)21-10-6-9-14-40(45)46/h5,7-8,12-13,15-18,30-31H,6,9-11,14,19-29H2,1-4H3,(H3-,45,46,47,48,49,50,51,52,53,54,55)/p+1. The van der Waals surface area contributed by atoms with Gasteiger partial charge in [0.15, 0.2) is 12.3 Å². The fraction of sp³-hybridized carbons (Fsp3) is 0.524. The van der Waals surface area contributed by atoms with Crippen molar-refractivity contribution in [3.8, 4) is 0 Å². The van der Waals surface area contributed by atoms with Gasteiger partial charge in [0.2, 0.25) is 5.69 Å². The number of carboxylic acid groups (broad SMARTS) is 1. The molecule has 0 saturated carbocycles. The summed E-state index contributed by atoms with van der Waals surface area (Å²) in [5, 5.41) is 9.14. The Morgan fingerprint density at radius 1 is 0.726 bits per heavy atom. The highest BCUT2D eigenvalue weighted by atomic mass is 32.2. The molecule has 2 heterocycles. The second-order valence-corrected chi connectivity index (χ2v) is 19.9. The molecule has 2 aliphatic rings. The smallest absolute Gasteiger partial charge is 0.303 e. The molecule has 2 aromatic rings. The lowest BCUT2D eigenvalue weighted by atomic mass is 9.76. The van der Waals surface area contributed by atoms with Crippen molar-refractivity contribution in [1.82, 2.24) is 0 Å². The average Bonchev–Trinajstić information content (AvgIpc) is 3.56. The zero-order valence-corrected chi connectivity index (χ0v) is 38.0. The van der Waals surface area contributed by atoms with E-state index in [0.29, 0.717) is 94.3 Å². The first kappa shape index (κ1) is 50.8. The van der Waals surface area contributed by atoms with Crippen molar-refractivity contribution >= 4 is 53.4 Å². The van der Waals surface area contributed by atoms with E-state index in [1.54, 1.807) is 38.5 Å². The van der Waals surface area contributed by atoms with Crippen LogP contribution in [0.1, 0.15) is 69.9 Å². The number of benzene rings is 2. The van der Waals surface area contributed by atoms with Gasteiger partial charge in [0.05, 0.1) is 47.4 Å². The molecule has 0 aliphatic carbocycles. The van der Waals surface area contributed by atoms with Crippen LogP contribution in [0.3, 0.4) is 0 Å². The second kappa shape index (κ2) is 22.2. The predicted octanol–water partition coefficient (Wildman–Crippen LogP) is 5.34. The van der Waals surface area contributed by atoms with Crippen molar-refractivity contribution < 1.29 is 72.3 Å². The van der Waals surface area contributed by atoms with E-state index in [0.717, 1.165) is 11.4 Å². The van der Waals surface area contributed by atoms with Crippen LogP contribution in [0, 0.1) is 0 Å². The summed E-state index contributed by atoms with van der Waals surface area (Å²) >= 11 is 0. The summed E-state index contributed by atoms with van der Waals surface area (Å²) in [5.74, 6) is -1.41. The zero-order chi connectivity index (χ0) is 45.8. The molecule has 0 bridgehead atoms. The average molecular weight is 928 g/mol. The van der Waals surface area contributed by atoms with Crippen LogP contribution < -0.4 is 4.90 Å². The van der Waals surface area contributed by atoms with Crippen molar-refractivity contribution in [2.45, 2.75) is 79.4 Å². The van der Waals surface area contributed by atoms with E-state index in [-0.39, 0.29) is 35.7 Å². The lowest BCUT2D eigenvalue weighted by Gasteiger charge is -2.30. The number of methoxy groups -OCH3 is 2. The summed E-state index contributed by atoms with van der Waals surface area (Å²) in [7, 11) is -10.3. The Kier molecular flexibility index (Phi) is 18.2. The van der Waals surface area contributed by atoms with Gasteiger partial charge in [-0.1, -0.05) is 24.6 Å². The predicted molar refractivity (Wildman–Crippen MR) is 232 cm³/mol. The molecule has 2 aromatic carbocycles. The molecule has 0 spiro atoms. The van der Waals surface area contributed by atoms with E-state index in [2.05, 4.69) is 4.90 Å². The summed E-state index contributed by atoms with van der Waals surface area (Å²) < 4.78 is 126. The van der Waals surface area contributed by atoms with Crippen molar-refractivity contribution in [2.24, 2.45) is 0 Å². The van der Waals surface area contributed by atoms with E-state index in [1.807, 2.05) is 36.7 Å². The molecular weight excluding hydrogens is 869 g/mol. The summed E-state index contributed by atoms with van der Waals surface area (Å²) in [5.41, 5.74) is 2.29. The van der Waals surface area contributed by atoms with Crippen LogP contribution in [0.15, 0.2) is 82.3 Å². The monoisotopic (exact) mass is 927 g/mol. The SMILES string of the molecule is COCCOCCOCC[N+]1=C(/C=C/C=C/C=C2/N(CCCCCC(=O)O)c3ccc(S(=O)(=O)O)cc3C2(C)CCOC)C(C)(CCCS(=O)(=O)O)c2cc(S(=O)(=O)O)ccc21. The van der Waals surface area contributed by atoms with Crippen LogP contribution in [0.4, 0.5) is 11.4 Å². The molecule has 0 amide bonds. The Labute approximate surface area is 365 Å². The lowest BCUT2D eigenvalue weighted by molar-refractivity contribution is -0.442. The van der Waals surface area contributed by atoms with Crippen LogP contribution in [0.25, 0.3) is 0 Å². The fourth-order valence-corrected chi connectivity index (χ4v) is 9.53. The summed E-state index contributed by atoms with van der Waals surface area (Å²) in [4.78, 5) is 12.6. The number of carboxylic acids is 1. The van der Waals surface area contributed by atoms with Gasteiger partial charge in [0.25, 0.3) is 30.4 Å². The molecule has 20 heteroatoms. The minimum atomic E-state index is -4.61. The molecule has 0 fully saturated rings. The van der Waals surface area contributed by atoms with Crippen LogP contribution in [-0.4, -0.2) is 133 Å². The first-order chi connectivity index (χ1) is 29.2. The molecule has 62 heavy (non-hydrogen) atoms. The molecule has 4 rings (SSSR count). The Balaban J connectivity index is 1.77. The molecular formula is C42H59N2O15S3+. The van der Waals surface area contributed by atoms with Crippen LogP contribution in [0.5, 0.6) is 0 Å². The van der Waals surface area contributed by atoms with E-state index in [1.165, 1.54) is 24.3 Å². The third-order valence-corrected chi connectivity index (χ3v) is 13.7. The Morgan fingerprint density at radius 2 is 1.35 bits per heavy atom. The molecule has 344 valence electrons. The Morgan fingerprint density at radius 3 is 1.98 bits per heavy atom. The molecule has 2 atom stereocenters. The summed E-state index contributed by atoms with van der Waals surface area (Å²) in [6.07, 6.45) is 11.6. The van der Waals surface area contributed by atoms with Crippen LogP contribution in [0.2, 0.25) is 0 Å². The number of hydrogen-bond acceptors (Lipinski definition) is 12. The van der Waals surface area contributed by atoms with Crippen molar-refractivity contribution in [3.63, 3.8) is 0 Å². The highest BCUT2D eigenvalue weighted by Gasteiger charge is 2.48. The minimum absolute atomic E-state index is 0.0271. The van der Waals surface area contributed by atoms with Gasteiger partial charge >= 0.3 is 5.97 Å². The third-order valence-electron chi connectivity index (χ3n) is 11.2. The highest BCUT2D eigenvalue weighted by molar-refractivity contribution is 7.86. The van der Waals surface area contributed by atoms with Gasteiger partial charge in [-0.2, -0.15) is 29.8 Å². The molecule has 2 unspecified atom stereocenters. The number of nitrogens with zero attached hydrogens (tertiary/aromatic N) is 2. The Bertz CT molecular complexity index is 2360. The van der Waals surface area contributed by atoms with Crippen molar-refractivity contribution in [3.05, 3.63) is 83.6 Å². The van der Waals surface area contributed by atoms with Crippen molar-refractivity contribution in [2.75, 3.05) is 77.6 Å². The number of carbonyl (C=O) groups is 1. The van der Waals surface area contributed by atoms with Gasteiger partial charge in [-0.05, 0) is 87.9 Å². The molecule has 4 N–H and O–H groups in total. The van der Waals surface area contributed by atoms with Gasteiger partial charge in [0.1, 0.15) is 6.61 Å². The van der Waals surface area contributed by atoms with Gasteiger partial charge < -0.3 is 29.0 Å². The van der Waals surface area contributed by atoms with Crippen LogP contribution >= 0.6 is 0 Å². The Hall–Kier alpha value is -3.83. The largest absolute Gasteiger partial charge is 0.481 e. The number of anilines is 1. The first-order valence-corrected chi connectivity index (χ1v) is 24.7. The number of rotatable bonds is 27. The first-order valence-electron chi connectivity index (χ1n) is 20.2. The van der Waals surface area contributed by atoms with Gasteiger partial charge in [-0.25, -0.2) is 0 Å². The lowest BCUT2D eigenvalue weighted by Crippen LogP contribution is -2.32. The van der Waals surface area contributed by atoms with E-state index >= 15 is 0 Å². The minimum Gasteiger partial charge on any atom is -0.481 e. The van der Waals surface area contributed by atoms with E-state index in [4.69, 9.17) is 24.1 Å². The summed E-state index contributed by atoms with van der Waals surface area (Å²) in [6, 6.07) is 8.72. The maximum absolute atomic E-state index is 12.3. The second-order valence-electron chi connectivity index (χ2n) is 15.5. The van der Waals surface area contributed by atoms with E-state index < -0.39 is 52.9 Å². The number of allylic oxidation sites excluding steroid dienone is 6. The highest BCUT2D eigenvalue weighted by Crippen LogP contribution is 2.51. The quantitative estimate of drug-likeness (QED) is 0.0382. The van der Waals surface area contributed by atoms with Gasteiger partial charge in [-0.15, -0.1) is 0 Å². The zero-order valence-electron chi connectivity index (χ0n) is 35.6. The maximum atomic E-state index is 12.3. The van der Waals surface area contributed by atoms with Gasteiger partial charge in [-0.3, -0.25) is 18.5 Å². The summed E-state index contributed by atoms with van der Waals surface area (Å²) in [6.45, 7) is 6.65. The topological polar surface area (TPSA) is 244 Å². The molecule has 2 aliphatic heterocycles. The molecule has 0 radical (unpaired) electrons. The fourth-order valence-electron chi connectivity index (χ4n) is 8.01. The third kappa shape index (κ3) is 13.3. The maximum Gasteiger partial charge on any atom is 0.303 e. The molecule has 0 aromatic heterocycles. The van der Waals surface area contributed by atoms with Crippen molar-refractivity contribution in [1.29, 1.82) is 0 Å². The number of fused-ring (bicyclic) bond motifs is 2.